The fourth-order valence-corrected chi connectivity index (χ4v) is 2.21. The first-order valence-corrected chi connectivity index (χ1v) is 5.92. The third kappa shape index (κ3) is 1.91. The van der Waals surface area contributed by atoms with Crippen molar-refractivity contribution in [1.29, 1.82) is 5.26 Å². The van der Waals surface area contributed by atoms with Crippen LogP contribution in [0.1, 0.15) is 11.3 Å². The second-order valence-electron chi connectivity index (χ2n) is 4.27. The van der Waals surface area contributed by atoms with Crippen molar-refractivity contribution < 1.29 is 4.42 Å². The van der Waals surface area contributed by atoms with Gasteiger partial charge in [-0.3, -0.25) is 0 Å². The summed E-state index contributed by atoms with van der Waals surface area (Å²) in [6.45, 7) is 2.54. The fraction of sp³-hybridized carbons (Fsp3) is 0.214. The van der Waals surface area contributed by atoms with E-state index in [1.54, 1.807) is 6.26 Å². The summed E-state index contributed by atoms with van der Waals surface area (Å²) in [4.78, 5) is 2.23. The van der Waals surface area contributed by atoms with Crippen LogP contribution in [0.25, 0.3) is 0 Å². The average Bonchev–Trinajstić information content (AvgIpc) is 2.91. The van der Waals surface area contributed by atoms with E-state index in [4.69, 9.17) is 9.68 Å². The number of hydrogen-bond donors (Lipinski definition) is 1. The van der Waals surface area contributed by atoms with Crippen LogP contribution in [0.4, 0.5) is 11.4 Å². The van der Waals surface area contributed by atoms with Gasteiger partial charge in [-0.05, 0) is 30.3 Å². The Bertz CT molecular complexity index is 584. The van der Waals surface area contributed by atoms with Crippen LogP contribution >= 0.6 is 0 Å². The number of nitriles is 1. The normalized spacial score (nSPS) is 13.6. The lowest BCUT2D eigenvalue weighted by Crippen LogP contribution is -2.33. The molecule has 1 aromatic carbocycles. The van der Waals surface area contributed by atoms with E-state index in [-0.39, 0.29) is 0 Å². The zero-order valence-corrected chi connectivity index (χ0v) is 9.89. The summed E-state index contributed by atoms with van der Waals surface area (Å²) >= 11 is 0. The Morgan fingerprint density at radius 1 is 1.39 bits per heavy atom. The molecular formula is C14H13N3O. The number of furan rings is 1. The predicted molar refractivity (Wildman–Crippen MR) is 69.4 cm³/mol. The Morgan fingerprint density at radius 2 is 2.33 bits per heavy atom. The summed E-state index contributed by atoms with van der Waals surface area (Å²) < 4.78 is 5.38. The van der Waals surface area contributed by atoms with Gasteiger partial charge in [0.2, 0.25) is 0 Å². The highest BCUT2D eigenvalue weighted by molar-refractivity contribution is 5.73. The molecule has 0 aliphatic carbocycles. The zero-order valence-electron chi connectivity index (χ0n) is 9.89. The van der Waals surface area contributed by atoms with Crippen LogP contribution in [-0.4, -0.2) is 13.1 Å². The molecule has 1 aliphatic heterocycles. The van der Waals surface area contributed by atoms with Crippen LogP contribution in [0, 0.1) is 11.3 Å². The Balaban J connectivity index is 1.93. The number of rotatable bonds is 2. The molecule has 4 nitrogen and oxygen atoms in total. The number of fused-ring (bicyclic) bond motifs is 1. The first-order chi connectivity index (χ1) is 8.86. The Hall–Kier alpha value is -2.41. The van der Waals surface area contributed by atoms with Gasteiger partial charge in [0.05, 0.1) is 35.8 Å². The van der Waals surface area contributed by atoms with E-state index in [0.29, 0.717) is 5.56 Å². The molecule has 0 amide bonds. The molecule has 90 valence electrons. The topological polar surface area (TPSA) is 52.2 Å². The molecule has 4 heteroatoms. The van der Waals surface area contributed by atoms with Crippen molar-refractivity contribution in [2.75, 3.05) is 23.3 Å². The van der Waals surface area contributed by atoms with Gasteiger partial charge in [0, 0.05) is 13.1 Å². The van der Waals surface area contributed by atoms with Crippen molar-refractivity contribution in [3.8, 4) is 6.07 Å². The Morgan fingerprint density at radius 3 is 3.11 bits per heavy atom. The van der Waals surface area contributed by atoms with Gasteiger partial charge in [-0.25, -0.2) is 0 Å². The van der Waals surface area contributed by atoms with Gasteiger partial charge in [0.25, 0.3) is 0 Å². The van der Waals surface area contributed by atoms with E-state index in [1.807, 2.05) is 30.3 Å². The highest BCUT2D eigenvalue weighted by Gasteiger charge is 2.17. The smallest absolute Gasteiger partial charge is 0.123 e. The molecule has 0 fully saturated rings. The lowest BCUT2D eigenvalue weighted by atomic mass is 10.1. The number of anilines is 2. The standard InChI is InChI=1S/C14H13N3O/c15-9-11-3-4-13-14(8-11)17(6-5-16-13)10-12-2-1-7-18-12/h1-4,7-8,16H,5-6,10H2. The fourth-order valence-electron chi connectivity index (χ4n) is 2.21. The van der Waals surface area contributed by atoms with E-state index < -0.39 is 0 Å². The summed E-state index contributed by atoms with van der Waals surface area (Å²) in [6.07, 6.45) is 1.68. The quantitative estimate of drug-likeness (QED) is 0.875. The Labute approximate surface area is 105 Å². The second kappa shape index (κ2) is 4.46. The van der Waals surface area contributed by atoms with E-state index in [2.05, 4.69) is 16.3 Å². The summed E-state index contributed by atoms with van der Waals surface area (Å²) in [5, 5.41) is 12.3. The number of nitrogens with one attached hydrogen (secondary N) is 1. The zero-order chi connectivity index (χ0) is 12.4. The molecule has 2 aromatic rings. The summed E-state index contributed by atoms with van der Waals surface area (Å²) in [6, 6.07) is 11.8. The van der Waals surface area contributed by atoms with Gasteiger partial charge < -0.3 is 14.6 Å². The van der Waals surface area contributed by atoms with Crippen molar-refractivity contribution in [2.45, 2.75) is 6.54 Å². The van der Waals surface area contributed by atoms with Gasteiger partial charge in [-0.2, -0.15) is 5.26 Å². The largest absolute Gasteiger partial charge is 0.467 e. The molecule has 2 heterocycles. The van der Waals surface area contributed by atoms with E-state index in [9.17, 15) is 0 Å². The molecule has 0 saturated carbocycles. The maximum atomic E-state index is 8.97. The minimum atomic E-state index is 0.682. The van der Waals surface area contributed by atoms with E-state index in [1.165, 1.54) is 0 Å². The number of nitrogens with zero attached hydrogens (tertiary/aromatic N) is 2. The molecule has 0 radical (unpaired) electrons. The lowest BCUT2D eigenvalue weighted by Gasteiger charge is -2.31. The molecule has 1 aromatic heterocycles. The minimum Gasteiger partial charge on any atom is -0.467 e. The summed E-state index contributed by atoms with van der Waals surface area (Å²) in [7, 11) is 0. The van der Waals surface area contributed by atoms with Gasteiger partial charge in [0.1, 0.15) is 5.76 Å². The molecule has 1 N–H and O–H groups in total. The predicted octanol–water partition coefficient (Wildman–Crippen LogP) is 2.58. The van der Waals surface area contributed by atoms with Gasteiger partial charge in [-0.15, -0.1) is 0 Å². The first-order valence-electron chi connectivity index (χ1n) is 5.92. The highest BCUT2D eigenvalue weighted by Crippen LogP contribution is 2.31. The average molecular weight is 239 g/mol. The third-order valence-corrected chi connectivity index (χ3v) is 3.09. The number of hydrogen-bond acceptors (Lipinski definition) is 4. The minimum absolute atomic E-state index is 0.682. The Kier molecular flexibility index (Phi) is 2.66. The first kappa shape index (κ1) is 10.7. The van der Waals surface area contributed by atoms with Crippen LogP contribution in [-0.2, 0) is 6.54 Å². The van der Waals surface area contributed by atoms with Crippen molar-refractivity contribution in [3.05, 3.63) is 47.9 Å². The molecule has 18 heavy (non-hydrogen) atoms. The van der Waals surface area contributed by atoms with Crippen molar-refractivity contribution in [2.24, 2.45) is 0 Å². The number of benzene rings is 1. The van der Waals surface area contributed by atoms with Crippen LogP contribution in [0.2, 0.25) is 0 Å². The van der Waals surface area contributed by atoms with Gasteiger partial charge in [-0.1, -0.05) is 0 Å². The highest BCUT2D eigenvalue weighted by atomic mass is 16.3. The lowest BCUT2D eigenvalue weighted by molar-refractivity contribution is 0.502. The molecule has 3 rings (SSSR count). The molecular weight excluding hydrogens is 226 g/mol. The van der Waals surface area contributed by atoms with E-state index in [0.717, 1.165) is 36.8 Å². The molecule has 0 atom stereocenters. The van der Waals surface area contributed by atoms with Crippen molar-refractivity contribution in [3.63, 3.8) is 0 Å². The van der Waals surface area contributed by atoms with Gasteiger partial charge >= 0.3 is 0 Å². The van der Waals surface area contributed by atoms with Crippen LogP contribution in [0.3, 0.4) is 0 Å². The van der Waals surface area contributed by atoms with Crippen LogP contribution < -0.4 is 10.2 Å². The molecule has 0 bridgehead atoms. The van der Waals surface area contributed by atoms with E-state index >= 15 is 0 Å². The van der Waals surface area contributed by atoms with Gasteiger partial charge in [0.15, 0.2) is 0 Å². The molecule has 0 spiro atoms. The van der Waals surface area contributed by atoms with Crippen molar-refractivity contribution >= 4 is 11.4 Å². The summed E-state index contributed by atoms with van der Waals surface area (Å²) in [5.74, 6) is 0.935. The SMILES string of the molecule is N#Cc1ccc2c(c1)N(Cc1ccco1)CCN2. The second-order valence-corrected chi connectivity index (χ2v) is 4.27. The molecule has 0 saturated heterocycles. The maximum absolute atomic E-state index is 8.97. The molecule has 1 aliphatic rings. The third-order valence-electron chi connectivity index (χ3n) is 3.09. The molecule has 0 unspecified atom stereocenters. The monoisotopic (exact) mass is 239 g/mol. The van der Waals surface area contributed by atoms with Crippen LogP contribution in [0.15, 0.2) is 41.0 Å². The maximum Gasteiger partial charge on any atom is 0.123 e. The van der Waals surface area contributed by atoms with Crippen molar-refractivity contribution in [1.82, 2.24) is 0 Å². The van der Waals surface area contributed by atoms with Crippen LogP contribution in [0.5, 0.6) is 0 Å². The summed E-state index contributed by atoms with van der Waals surface area (Å²) in [5.41, 5.74) is 2.82.